The first kappa shape index (κ1) is 14.1. The lowest BCUT2D eigenvalue weighted by atomic mass is 10.1. The van der Waals surface area contributed by atoms with Crippen molar-refractivity contribution in [3.05, 3.63) is 78.3 Å². The number of nitrogens with one attached hydrogen (secondary N) is 1. The van der Waals surface area contributed by atoms with Crippen LogP contribution < -0.4 is 5.32 Å². The van der Waals surface area contributed by atoms with E-state index in [0.717, 1.165) is 23.2 Å². The van der Waals surface area contributed by atoms with Crippen molar-refractivity contribution in [3.63, 3.8) is 0 Å². The first-order valence-electron chi connectivity index (χ1n) is 7.31. The first-order chi connectivity index (χ1) is 10.8. The van der Waals surface area contributed by atoms with Crippen LogP contribution in [0.5, 0.6) is 0 Å². The summed E-state index contributed by atoms with van der Waals surface area (Å²) in [6.07, 6.45) is 2.52. The van der Waals surface area contributed by atoms with E-state index in [1.54, 1.807) is 0 Å². The molecule has 3 rings (SSSR count). The van der Waals surface area contributed by atoms with Crippen molar-refractivity contribution in [2.75, 3.05) is 5.32 Å². The van der Waals surface area contributed by atoms with Crippen LogP contribution in [0.25, 0.3) is 11.1 Å². The van der Waals surface area contributed by atoms with Gasteiger partial charge in [0, 0.05) is 11.3 Å². The minimum Gasteiger partial charge on any atom is -0.459 e. The zero-order chi connectivity index (χ0) is 15.4. The van der Waals surface area contributed by atoms with E-state index in [1.807, 2.05) is 60.7 Å². The van der Waals surface area contributed by atoms with E-state index in [1.165, 1.54) is 11.8 Å². The second-order valence-electron chi connectivity index (χ2n) is 5.03. The molecule has 3 aromatic rings. The van der Waals surface area contributed by atoms with Crippen LogP contribution in [-0.4, -0.2) is 5.91 Å². The third-order valence-corrected chi connectivity index (χ3v) is 3.58. The van der Waals surface area contributed by atoms with Crippen molar-refractivity contribution < 1.29 is 9.21 Å². The van der Waals surface area contributed by atoms with Gasteiger partial charge in [-0.1, -0.05) is 49.4 Å². The SMILES string of the molecule is CCc1ccc(NC(=O)c2occc2-c2ccccc2)cc1. The van der Waals surface area contributed by atoms with Crippen molar-refractivity contribution in [1.29, 1.82) is 0 Å². The predicted molar refractivity (Wildman–Crippen MR) is 87.9 cm³/mol. The molecule has 0 saturated carbocycles. The second kappa shape index (κ2) is 6.31. The summed E-state index contributed by atoms with van der Waals surface area (Å²) in [5.41, 5.74) is 3.75. The molecule has 0 unspecified atom stereocenters. The van der Waals surface area contributed by atoms with Gasteiger partial charge in [-0.15, -0.1) is 0 Å². The maximum absolute atomic E-state index is 12.4. The predicted octanol–water partition coefficient (Wildman–Crippen LogP) is 4.76. The molecule has 0 atom stereocenters. The van der Waals surface area contributed by atoms with Gasteiger partial charge in [0.05, 0.1) is 6.26 Å². The first-order valence-corrected chi connectivity index (χ1v) is 7.31. The third-order valence-electron chi connectivity index (χ3n) is 3.58. The molecule has 2 aromatic carbocycles. The summed E-state index contributed by atoms with van der Waals surface area (Å²) in [6.45, 7) is 2.10. The Morgan fingerprint density at radius 3 is 2.41 bits per heavy atom. The lowest BCUT2D eigenvalue weighted by Gasteiger charge is -2.06. The third kappa shape index (κ3) is 2.93. The topological polar surface area (TPSA) is 42.2 Å². The van der Waals surface area contributed by atoms with Crippen molar-refractivity contribution in [1.82, 2.24) is 0 Å². The number of benzene rings is 2. The molecule has 1 aromatic heterocycles. The molecule has 0 saturated heterocycles. The molecular weight excluding hydrogens is 274 g/mol. The van der Waals surface area contributed by atoms with E-state index < -0.39 is 0 Å². The highest BCUT2D eigenvalue weighted by Gasteiger charge is 2.16. The van der Waals surface area contributed by atoms with Crippen LogP contribution in [0.4, 0.5) is 5.69 Å². The minimum atomic E-state index is -0.242. The fraction of sp³-hybridized carbons (Fsp3) is 0.105. The summed E-state index contributed by atoms with van der Waals surface area (Å²) in [5.74, 6) is 0.0823. The van der Waals surface area contributed by atoms with Crippen LogP contribution in [0.3, 0.4) is 0 Å². The zero-order valence-corrected chi connectivity index (χ0v) is 12.4. The van der Waals surface area contributed by atoms with Gasteiger partial charge < -0.3 is 9.73 Å². The Balaban J connectivity index is 1.82. The number of anilines is 1. The summed E-state index contributed by atoms with van der Waals surface area (Å²) in [4.78, 5) is 12.4. The molecule has 110 valence electrons. The highest BCUT2D eigenvalue weighted by molar-refractivity contribution is 6.06. The fourth-order valence-electron chi connectivity index (χ4n) is 2.34. The van der Waals surface area contributed by atoms with Crippen LogP contribution in [0, 0.1) is 0 Å². The number of furan rings is 1. The van der Waals surface area contributed by atoms with Gasteiger partial charge in [0.1, 0.15) is 0 Å². The zero-order valence-electron chi connectivity index (χ0n) is 12.4. The van der Waals surface area contributed by atoms with Gasteiger partial charge in [-0.2, -0.15) is 0 Å². The molecule has 1 amide bonds. The summed E-state index contributed by atoms with van der Waals surface area (Å²) in [5, 5.41) is 2.87. The molecule has 22 heavy (non-hydrogen) atoms. The van der Waals surface area contributed by atoms with Crippen LogP contribution in [-0.2, 0) is 6.42 Å². The van der Waals surface area contributed by atoms with Crippen LogP contribution in [0.15, 0.2) is 71.3 Å². The Morgan fingerprint density at radius 1 is 1.00 bits per heavy atom. The highest BCUT2D eigenvalue weighted by Crippen LogP contribution is 2.25. The maximum atomic E-state index is 12.4. The van der Waals surface area contributed by atoms with Gasteiger partial charge in [0.2, 0.25) is 0 Å². The summed E-state index contributed by atoms with van der Waals surface area (Å²) >= 11 is 0. The molecule has 0 spiro atoms. The van der Waals surface area contributed by atoms with Gasteiger partial charge in [0.25, 0.3) is 5.91 Å². The monoisotopic (exact) mass is 291 g/mol. The van der Waals surface area contributed by atoms with E-state index >= 15 is 0 Å². The normalized spacial score (nSPS) is 10.4. The smallest absolute Gasteiger partial charge is 0.292 e. The fourth-order valence-corrected chi connectivity index (χ4v) is 2.34. The average Bonchev–Trinajstić information content (AvgIpc) is 3.06. The van der Waals surface area contributed by atoms with Crippen LogP contribution in [0.2, 0.25) is 0 Å². The molecule has 3 heteroatoms. The molecule has 1 heterocycles. The number of aryl methyl sites for hydroxylation is 1. The molecular formula is C19H17NO2. The quantitative estimate of drug-likeness (QED) is 0.753. The number of amides is 1. The van der Waals surface area contributed by atoms with Gasteiger partial charge in [0.15, 0.2) is 5.76 Å². The molecule has 0 aliphatic rings. The Labute approximate surface area is 129 Å². The van der Waals surface area contributed by atoms with Gasteiger partial charge in [-0.25, -0.2) is 0 Å². The van der Waals surface area contributed by atoms with Gasteiger partial charge in [-0.3, -0.25) is 4.79 Å². The Kier molecular flexibility index (Phi) is 4.05. The number of rotatable bonds is 4. The molecule has 0 aliphatic heterocycles. The highest BCUT2D eigenvalue weighted by atomic mass is 16.3. The van der Waals surface area contributed by atoms with Crippen molar-refractivity contribution in [2.45, 2.75) is 13.3 Å². The standard InChI is InChI=1S/C19H17NO2/c1-2-14-8-10-16(11-9-14)20-19(21)18-17(12-13-22-18)15-6-4-3-5-7-15/h3-13H,2H2,1H3,(H,20,21). The Hall–Kier alpha value is -2.81. The van der Waals surface area contributed by atoms with Crippen LogP contribution in [0.1, 0.15) is 23.0 Å². The van der Waals surface area contributed by atoms with E-state index in [9.17, 15) is 4.79 Å². The Bertz CT molecular complexity index is 758. The van der Waals surface area contributed by atoms with Gasteiger partial charge in [-0.05, 0) is 35.7 Å². The van der Waals surface area contributed by atoms with Crippen LogP contribution >= 0.6 is 0 Å². The van der Waals surface area contributed by atoms with Crippen molar-refractivity contribution in [2.24, 2.45) is 0 Å². The van der Waals surface area contributed by atoms with E-state index in [-0.39, 0.29) is 5.91 Å². The van der Waals surface area contributed by atoms with Crippen molar-refractivity contribution in [3.8, 4) is 11.1 Å². The number of carbonyl (C=O) groups is 1. The average molecular weight is 291 g/mol. The largest absolute Gasteiger partial charge is 0.459 e. The molecule has 1 N–H and O–H groups in total. The number of hydrogen-bond acceptors (Lipinski definition) is 2. The molecule has 0 aliphatic carbocycles. The molecule has 0 fully saturated rings. The van der Waals surface area contributed by atoms with E-state index in [4.69, 9.17) is 4.42 Å². The van der Waals surface area contributed by atoms with E-state index in [0.29, 0.717) is 5.76 Å². The van der Waals surface area contributed by atoms with E-state index in [2.05, 4.69) is 12.2 Å². The second-order valence-corrected chi connectivity index (χ2v) is 5.03. The summed E-state index contributed by atoms with van der Waals surface area (Å²) in [7, 11) is 0. The van der Waals surface area contributed by atoms with Gasteiger partial charge >= 0.3 is 0 Å². The minimum absolute atomic E-state index is 0.242. The summed E-state index contributed by atoms with van der Waals surface area (Å²) < 4.78 is 5.39. The lowest BCUT2D eigenvalue weighted by Crippen LogP contribution is -2.11. The number of hydrogen-bond donors (Lipinski definition) is 1. The summed E-state index contributed by atoms with van der Waals surface area (Å²) in [6, 6.07) is 19.4. The number of carbonyl (C=O) groups excluding carboxylic acids is 1. The Morgan fingerprint density at radius 2 is 1.73 bits per heavy atom. The lowest BCUT2D eigenvalue weighted by molar-refractivity contribution is 0.0997. The molecule has 0 radical (unpaired) electrons. The maximum Gasteiger partial charge on any atom is 0.292 e. The molecule has 0 bridgehead atoms. The van der Waals surface area contributed by atoms with Crippen molar-refractivity contribution >= 4 is 11.6 Å². The molecule has 3 nitrogen and oxygen atoms in total.